The smallest absolute Gasteiger partial charge is 0.242 e. The molecule has 0 aliphatic heterocycles. The van der Waals surface area contributed by atoms with Crippen LogP contribution in [0.5, 0.6) is 5.75 Å². The second-order valence-corrected chi connectivity index (χ2v) is 8.10. The number of nitrogens with one attached hydrogen (secondary N) is 1. The minimum Gasteiger partial charge on any atom is -0.497 e. The fraction of sp³-hybridized carbons (Fsp3) is 0.440. The van der Waals surface area contributed by atoms with Gasteiger partial charge in [-0.15, -0.1) is 0 Å². The molecule has 0 aliphatic rings. The predicted octanol–water partition coefficient (Wildman–Crippen LogP) is 4.13. The molecule has 0 bridgehead atoms. The molecule has 0 saturated carbocycles. The summed E-state index contributed by atoms with van der Waals surface area (Å²) >= 11 is 0. The van der Waals surface area contributed by atoms with E-state index in [1.165, 1.54) is 0 Å². The van der Waals surface area contributed by atoms with E-state index in [1.54, 1.807) is 12.0 Å². The molecule has 2 rings (SSSR count). The van der Waals surface area contributed by atoms with Crippen molar-refractivity contribution in [3.63, 3.8) is 0 Å². The van der Waals surface area contributed by atoms with E-state index in [9.17, 15) is 9.59 Å². The zero-order valence-corrected chi connectivity index (χ0v) is 18.8. The van der Waals surface area contributed by atoms with Gasteiger partial charge in [0.1, 0.15) is 11.8 Å². The van der Waals surface area contributed by atoms with Crippen LogP contribution in [0.15, 0.2) is 48.5 Å². The van der Waals surface area contributed by atoms with Crippen molar-refractivity contribution >= 4 is 11.8 Å². The Labute approximate surface area is 180 Å². The fourth-order valence-electron chi connectivity index (χ4n) is 3.29. The number of methoxy groups -OCH3 is 1. The number of carbonyl (C=O) groups is 2. The Morgan fingerprint density at radius 3 is 2.37 bits per heavy atom. The van der Waals surface area contributed by atoms with Gasteiger partial charge in [0.15, 0.2) is 0 Å². The van der Waals surface area contributed by atoms with Crippen molar-refractivity contribution in [3.8, 4) is 5.75 Å². The number of carbonyl (C=O) groups excluding carboxylic acids is 2. The Hall–Kier alpha value is -2.82. The molecule has 0 radical (unpaired) electrons. The Balaban J connectivity index is 2.27. The van der Waals surface area contributed by atoms with Crippen molar-refractivity contribution in [2.24, 2.45) is 5.92 Å². The first-order chi connectivity index (χ1) is 14.3. The van der Waals surface area contributed by atoms with E-state index in [4.69, 9.17) is 4.74 Å². The van der Waals surface area contributed by atoms with Crippen LogP contribution in [0.1, 0.15) is 43.9 Å². The van der Waals surface area contributed by atoms with Crippen LogP contribution >= 0.6 is 0 Å². The van der Waals surface area contributed by atoms with Gasteiger partial charge in [0.05, 0.1) is 13.5 Å². The lowest BCUT2D eigenvalue weighted by molar-refractivity contribution is -0.141. The van der Waals surface area contributed by atoms with Crippen LogP contribution < -0.4 is 10.1 Å². The maximum atomic E-state index is 13.3. The molecule has 2 aromatic carbocycles. The molecule has 0 heterocycles. The van der Waals surface area contributed by atoms with Gasteiger partial charge in [0, 0.05) is 13.1 Å². The van der Waals surface area contributed by atoms with Gasteiger partial charge in [-0.1, -0.05) is 62.7 Å². The van der Waals surface area contributed by atoms with Gasteiger partial charge in [-0.2, -0.15) is 0 Å². The Bertz CT molecular complexity index is 831. The van der Waals surface area contributed by atoms with Gasteiger partial charge < -0.3 is 15.0 Å². The summed E-state index contributed by atoms with van der Waals surface area (Å²) in [5.74, 6) is 0.914. The molecule has 2 aromatic rings. The number of nitrogens with zero attached hydrogens (tertiary/aromatic N) is 1. The Morgan fingerprint density at radius 2 is 1.77 bits per heavy atom. The lowest BCUT2D eigenvalue weighted by atomic mass is 10.1. The van der Waals surface area contributed by atoms with Crippen LogP contribution in [0.3, 0.4) is 0 Å². The molecule has 0 aromatic heterocycles. The summed E-state index contributed by atoms with van der Waals surface area (Å²) in [5, 5.41) is 2.99. The van der Waals surface area contributed by atoms with Crippen LogP contribution in [0.4, 0.5) is 0 Å². The monoisotopic (exact) mass is 410 g/mol. The van der Waals surface area contributed by atoms with Crippen LogP contribution in [-0.2, 0) is 22.6 Å². The number of ether oxygens (including phenoxy) is 1. The molecular formula is C25H34N2O3. The van der Waals surface area contributed by atoms with E-state index in [-0.39, 0.29) is 18.2 Å². The summed E-state index contributed by atoms with van der Waals surface area (Å²) in [4.78, 5) is 27.9. The fourth-order valence-corrected chi connectivity index (χ4v) is 3.29. The van der Waals surface area contributed by atoms with E-state index >= 15 is 0 Å². The minimum absolute atomic E-state index is 0.0618. The minimum atomic E-state index is -0.520. The lowest BCUT2D eigenvalue weighted by Gasteiger charge is -2.31. The summed E-state index contributed by atoms with van der Waals surface area (Å²) in [5.41, 5.74) is 3.03. The zero-order valence-electron chi connectivity index (χ0n) is 18.8. The molecular weight excluding hydrogens is 376 g/mol. The lowest BCUT2D eigenvalue weighted by Crippen LogP contribution is -2.50. The van der Waals surface area contributed by atoms with E-state index in [2.05, 4.69) is 19.2 Å². The van der Waals surface area contributed by atoms with Crippen LogP contribution in [-0.4, -0.2) is 36.4 Å². The average molecular weight is 411 g/mol. The van der Waals surface area contributed by atoms with Gasteiger partial charge in [-0.3, -0.25) is 9.59 Å². The van der Waals surface area contributed by atoms with Gasteiger partial charge in [0.2, 0.25) is 11.8 Å². The third-order valence-corrected chi connectivity index (χ3v) is 5.03. The van der Waals surface area contributed by atoms with Crippen molar-refractivity contribution < 1.29 is 14.3 Å². The first-order valence-corrected chi connectivity index (χ1v) is 10.6. The Morgan fingerprint density at radius 1 is 1.07 bits per heavy atom. The number of amides is 2. The molecule has 0 fully saturated rings. The topological polar surface area (TPSA) is 58.6 Å². The van der Waals surface area contributed by atoms with Crippen LogP contribution in [0, 0.1) is 12.8 Å². The quantitative estimate of drug-likeness (QED) is 0.641. The number of benzene rings is 2. The normalized spacial score (nSPS) is 11.8. The van der Waals surface area contributed by atoms with Crippen LogP contribution in [0.2, 0.25) is 0 Å². The second kappa shape index (κ2) is 11.4. The SMILES string of the molecule is CC[C@@H](C(=O)NCC(C)C)N(Cc1cccc(OC)c1)C(=O)Cc1ccc(C)cc1. The molecule has 162 valence electrons. The second-order valence-electron chi connectivity index (χ2n) is 8.10. The number of aryl methyl sites for hydroxylation is 1. The molecule has 30 heavy (non-hydrogen) atoms. The zero-order chi connectivity index (χ0) is 22.1. The highest BCUT2D eigenvalue weighted by Crippen LogP contribution is 2.18. The van der Waals surface area contributed by atoms with Gasteiger partial charge >= 0.3 is 0 Å². The molecule has 5 heteroatoms. The summed E-state index contributed by atoms with van der Waals surface area (Å²) in [6.07, 6.45) is 0.811. The molecule has 0 unspecified atom stereocenters. The predicted molar refractivity (Wildman–Crippen MR) is 120 cm³/mol. The number of rotatable bonds is 10. The summed E-state index contributed by atoms with van der Waals surface area (Å²) in [7, 11) is 1.62. The van der Waals surface area contributed by atoms with Crippen molar-refractivity contribution in [3.05, 3.63) is 65.2 Å². The third kappa shape index (κ3) is 6.90. The summed E-state index contributed by atoms with van der Waals surface area (Å²) in [6.45, 7) is 9.02. The van der Waals surface area contributed by atoms with E-state index in [0.29, 0.717) is 25.4 Å². The first-order valence-electron chi connectivity index (χ1n) is 10.6. The standard InChI is InChI=1S/C25H34N2O3/c1-6-23(25(29)26-16-18(2)3)27(17-21-8-7-9-22(14-21)30-5)24(28)15-20-12-10-19(4)11-13-20/h7-14,18,23H,6,15-17H2,1-5H3,(H,26,29)/t23-/m0/s1. The third-order valence-electron chi connectivity index (χ3n) is 5.03. The van der Waals surface area contributed by atoms with Crippen molar-refractivity contribution in [2.45, 2.75) is 53.1 Å². The maximum Gasteiger partial charge on any atom is 0.242 e. The molecule has 1 N–H and O–H groups in total. The van der Waals surface area contributed by atoms with E-state index < -0.39 is 6.04 Å². The van der Waals surface area contributed by atoms with Crippen molar-refractivity contribution in [1.29, 1.82) is 0 Å². The van der Waals surface area contributed by atoms with E-state index in [0.717, 1.165) is 22.4 Å². The van der Waals surface area contributed by atoms with Gasteiger partial charge in [-0.25, -0.2) is 0 Å². The molecule has 2 amide bonds. The molecule has 1 atom stereocenters. The highest BCUT2D eigenvalue weighted by atomic mass is 16.5. The van der Waals surface area contributed by atoms with E-state index in [1.807, 2.05) is 62.4 Å². The van der Waals surface area contributed by atoms with Gasteiger partial charge in [0.25, 0.3) is 0 Å². The molecule has 5 nitrogen and oxygen atoms in total. The Kier molecular flexibility index (Phi) is 8.90. The molecule has 0 spiro atoms. The summed E-state index contributed by atoms with van der Waals surface area (Å²) < 4.78 is 5.32. The maximum absolute atomic E-state index is 13.3. The first kappa shape index (κ1) is 23.5. The number of hydrogen-bond donors (Lipinski definition) is 1. The highest BCUT2D eigenvalue weighted by Gasteiger charge is 2.28. The summed E-state index contributed by atoms with van der Waals surface area (Å²) in [6, 6.07) is 15.0. The van der Waals surface area contributed by atoms with Crippen molar-refractivity contribution in [2.75, 3.05) is 13.7 Å². The van der Waals surface area contributed by atoms with Crippen molar-refractivity contribution in [1.82, 2.24) is 10.2 Å². The van der Waals surface area contributed by atoms with Crippen LogP contribution in [0.25, 0.3) is 0 Å². The largest absolute Gasteiger partial charge is 0.497 e. The molecule has 0 aliphatic carbocycles. The number of hydrogen-bond acceptors (Lipinski definition) is 3. The van der Waals surface area contributed by atoms with Gasteiger partial charge in [-0.05, 0) is 42.5 Å². The molecule has 0 saturated heterocycles. The average Bonchev–Trinajstić information content (AvgIpc) is 2.73. The highest BCUT2D eigenvalue weighted by molar-refractivity contribution is 5.88.